The van der Waals surface area contributed by atoms with Gasteiger partial charge in [-0.1, -0.05) is 12.1 Å². The number of carboxylic acids is 1. The molecule has 0 bridgehead atoms. The van der Waals surface area contributed by atoms with Gasteiger partial charge in [-0.15, -0.1) is 0 Å². The van der Waals surface area contributed by atoms with Crippen molar-refractivity contribution in [1.29, 1.82) is 0 Å². The summed E-state index contributed by atoms with van der Waals surface area (Å²) in [5, 5.41) is 15.8. The van der Waals surface area contributed by atoms with Crippen molar-refractivity contribution < 1.29 is 14.7 Å². The summed E-state index contributed by atoms with van der Waals surface area (Å²) in [6.45, 7) is 0.847. The lowest BCUT2D eigenvalue weighted by atomic mass is 10.0. The molecule has 128 valence electrons. The highest BCUT2D eigenvalue weighted by molar-refractivity contribution is 5.88. The number of carbonyl (C=O) groups is 2. The van der Waals surface area contributed by atoms with Gasteiger partial charge < -0.3 is 15.0 Å². The van der Waals surface area contributed by atoms with Crippen LogP contribution in [0.15, 0.2) is 24.3 Å². The number of nitrogens with zero attached hydrogens (tertiary/aromatic N) is 3. The minimum atomic E-state index is -1.07. The molecule has 1 aromatic carbocycles. The lowest BCUT2D eigenvalue weighted by Crippen LogP contribution is -2.36. The number of carboxylic acid groups (broad SMARTS) is 1. The molecule has 0 aliphatic carbocycles. The van der Waals surface area contributed by atoms with Crippen molar-refractivity contribution in [2.75, 3.05) is 6.54 Å². The number of aromatic carboxylic acids is 1. The highest BCUT2D eigenvalue weighted by Crippen LogP contribution is 2.21. The summed E-state index contributed by atoms with van der Waals surface area (Å²) >= 11 is 0. The van der Waals surface area contributed by atoms with Crippen LogP contribution in [0.2, 0.25) is 0 Å². The Morgan fingerprint density at radius 3 is 2.92 bits per heavy atom. The Bertz CT molecular complexity index is 925. The molecule has 2 aromatic heterocycles. The van der Waals surface area contributed by atoms with E-state index in [1.54, 1.807) is 4.90 Å². The molecule has 3 aromatic rings. The number of aromatic nitrogens is 4. The van der Waals surface area contributed by atoms with E-state index in [0.717, 1.165) is 22.6 Å². The van der Waals surface area contributed by atoms with Crippen LogP contribution in [-0.2, 0) is 24.2 Å². The van der Waals surface area contributed by atoms with E-state index in [4.69, 9.17) is 0 Å². The number of hydrogen-bond acceptors (Lipinski definition) is 4. The number of rotatable bonds is 4. The Hall–Kier alpha value is -3.16. The molecule has 25 heavy (non-hydrogen) atoms. The van der Waals surface area contributed by atoms with Crippen molar-refractivity contribution in [2.45, 2.75) is 25.8 Å². The molecule has 0 unspecified atom stereocenters. The molecule has 1 aliphatic rings. The van der Waals surface area contributed by atoms with Gasteiger partial charge in [0.25, 0.3) is 0 Å². The summed E-state index contributed by atoms with van der Waals surface area (Å²) in [7, 11) is 0. The van der Waals surface area contributed by atoms with Gasteiger partial charge in [-0.2, -0.15) is 5.10 Å². The van der Waals surface area contributed by atoms with Gasteiger partial charge in [0, 0.05) is 43.6 Å². The maximum atomic E-state index is 12.5. The maximum absolute atomic E-state index is 12.5. The molecular weight excluding hydrogens is 322 g/mol. The maximum Gasteiger partial charge on any atom is 0.356 e. The Labute approximate surface area is 142 Å². The highest BCUT2D eigenvalue weighted by atomic mass is 16.4. The molecule has 8 heteroatoms. The van der Waals surface area contributed by atoms with Gasteiger partial charge in [0.2, 0.25) is 5.91 Å². The average molecular weight is 339 g/mol. The fourth-order valence-corrected chi connectivity index (χ4v) is 3.19. The van der Waals surface area contributed by atoms with Crippen LogP contribution >= 0.6 is 0 Å². The van der Waals surface area contributed by atoms with Crippen LogP contribution in [0.3, 0.4) is 0 Å². The number of benzene rings is 1. The Morgan fingerprint density at radius 1 is 1.28 bits per heavy atom. The largest absolute Gasteiger partial charge is 0.476 e. The lowest BCUT2D eigenvalue weighted by molar-refractivity contribution is -0.132. The number of carbonyl (C=O) groups excluding carboxylic acids is 1. The predicted octanol–water partition coefficient (Wildman–Crippen LogP) is 1.50. The van der Waals surface area contributed by atoms with Gasteiger partial charge in [0.1, 0.15) is 5.82 Å². The standard InChI is InChI=1S/C17H17N5O3/c23-15(6-5-14-18-12-3-1-2-4-13(12)19-14)22-8-7-11-10(9-22)16(17(24)25)21-20-11/h1-4H,5-9H2,(H,18,19)(H,20,21)(H,24,25). The third kappa shape index (κ3) is 2.86. The minimum absolute atomic E-state index is 0.00443. The first kappa shape index (κ1) is 15.4. The smallest absolute Gasteiger partial charge is 0.356 e. The summed E-state index contributed by atoms with van der Waals surface area (Å²) in [5.74, 6) is -0.306. The SMILES string of the molecule is O=C(O)c1n[nH]c2c1CN(C(=O)CCc1nc3ccccc3[nH]1)CC2. The number of fused-ring (bicyclic) bond motifs is 2. The van der Waals surface area contributed by atoms with Crippen LogP contribution in [0, 0.1) is 0 Å². The monoisotopic (exact) mass is 339 g/mol. The molecule has 0 saturated carbocycles. The summed E-state index contributed by atoms with van der Waals surface area (Å²) in [5.41, 5.74) is 3.26. The average Bonchev–Trinajstić information content (AvgIpc) is 3.22. The van der Waals surface area contributed by atoms with E-state index in [9.17, 15) is 14.7 Å². The number of nitrogens with one attached hydrogen (secondary N) is 2. The summed E-state index contributed by atoms with van der Waals surface area (Å²) in [6, 6.07) is 7.74. The number of imidazole rings is 1. The number of aromatic amines is 2. The van der Waals surface area contributed by atoms with Crippen LogP contribution in [0.5, 0.6) is 0 Å². The zero-order chi connectivity index (χ0) is 17.4. The number of H-pyrrole nitrogens is 2. The molecule has 0 saturated heterocycles. The first-order valence-electron chi connectivity index (χ1n) is 8.12. The van der Waals surface area contributed by atoms with E-state index in [0.29, 0.717) is 31.4 Å². The van der Waals surface area contributed by atoms with Gasteiger partial charge in [-0.3, -0.25) is 9.89 Å². The van der Waals surface area contributed by atoms with Crippen LogP contribution in [0.25, 0.3) is 11.0 Å². The molecule has 3 N–H and O–H groups in total. The van der Waals surface area contributed by atoms with E-state index in [1.807, 2.05) is 24.3 Å². The van der Waals surface area contributed by atoms with Crippen LogP contribution in [-0.4, -0.2) is 48.6 Å². The fraction of sp³-hybridized carbons (Fsp3) is 0.294. The second-order valence-corrected chi connectivity index (χ2v) is 6.10. The van der Waals surface area contributed by atoms with Crippen LogP contribution in [0.4, 0.5) is 0 Å². The molecule has 0 fully saturated rings. The number of hydrogen-bond donors (Lipinski definition) is 3. The van der Waals surface area contributed by atoms with E-state index >= 15 is 0 Å². The topological polar surface area (TPSA) is 115 Å². The molecule has 1 amide bonds. The van der Waals surface area contributed by atoms with Crippen LogP contribution in [0.1, 0.15) is 34.0 Å². The quantitative estimate of drug-likeness (QED) is 0.666. The van der Waals surface area contributed by atoms with E-state index in [-0.39, 0.29) is 18.1 Å². The minimum Gasteiger partial charge on any atom is -0.476 e. The van der Waals surface area contributed by atoms with Crippen LogP contribution < -0.4 is 0 Å². The van der Waals surface area contributed by atoms with E-state index in [2.05, 4.69) is 20.2 Å². The third-order valence-corrected chi connectivity index (χ3v) is 4.50. The summed E-state index contributed by atoms with van der Waals surface area (Å²) in [6.07, 6.45) is 1.44. The Balaban J connectivity index is 1.43. The zero-order valence-electron chi connectivity index (χ0n) is 13.5. The fourth-order valence-electron chi connectivity index (χ4n) is 3.19. The summed E-state index contributed by atoms with van der Waals surface area (Å²) in [4.78, 5) is 33.1. The first-order valence-corrected chi connectivity index (χ1v) is 8.12. The normalized spacial score (nSPS) is 13.8. The van der Waals surface area contributed by atoms with Crippen molar-refractivity contribution in [3.63, 3.8) is 0 Å². The van der Waals surface area contributed by atoms with Gasteiger partial charge in [-0.25, -0.2) is 9.78 Å². The molecular formula is C17H17N5O3. The third-order valence-electron chi connectivity index (χ3n) is 4.50. The Morgan fingerprint density at radius 2 is 2.12 bits per heavy atom. The molecule has 4 rings (SSSR count). The summed E-state index contributed by atoms with van der Waals surface area (Å²) < 4.78 is 0. The molecule has 0 atom stereocenters. The molecule has 0 radical (unpaired) electrons. The molecule has 0 spiro atoms. The Kier molecular flexibility index (Phi) is 3.72. The second-order valence-electron chi connectivity index (χ2n) is 6.10. The van der Waals surface area contributed by atoms with Crippen molar-refractivity contribution in [1.82, 2.24) is 25.1 Å². The highest BCUT2D eigenvalue weighted by Gasteiger charge is 2.27. The number of amides is 1. The van der Waals surface area contributed by atoms with Gasteiger partial charge in [-0.05, 0) is 12.1 Å². The predicted molar refractivity (Wildman–Crippen MR) is 89.1 cm³/mol. The molecule has 1 aliphatic heterocycles. The van der Waals surface area contributed by atoms with E-state index in [1.165, 1.54) is 0 Å². The first-order chi connectivity index (χ1) is 12.1. The second kappa shape index (κ2) is 6.04. The molecule has 8 nitrogen and oxygen atoms in total. The van der Waals surface area contributed by atoms with Gasteiger partial charge >= 0.3 is 5.97 Å². The molecule has 3 heterocycles. The number of aryl methyl sites for hydroxylation is 1. The zero-order valence-corrected chi connectivity index (χ0v) is 13.5. The van der Waals surface area contributed by atoms with Crippen molar-refractivity contribution in [2.24, 2.45) is 0 Å². The lowest BCUT2D eigenvalue weighted by Gasteiger charge is -2.26. The van der Waals surface area contributed by atoms with Crippen molar-refractivity contribution in [3.05, 3.63) is 47.0 Å². The van der Waals surface area contributed by atoms with Gasteiger partial charge in [0.05, 0.1) is 11.0 Å². The van der Waals surface area contributed by atoms with Crippen molar-refractivity contribution >= 4 is 22.9 Å². The van der Waals surface area contributed by atoms with Gasteiger partial charge in [0.15, 0.2) is 5.69 Å². The van der Waals surface area contributed by atoms with E-state index < -0.39 is 5.97 Å². The number of para-hydroxylation sites is 2. The van der Waals surface area contributed by atoms with Crippen molar-refractivity contribution in [3.8, 4) is 0 Å².